The van der Waals surface area contributed by atoms with E-state index in [-0.39, 0.29) is 12.1 Å². The maximum atomic E-state index is 11.6. The lowest BCUT2D eigenvalue weighted by atomic mass is 10.1. The fourth-order valence-corrected chi connectivity index (χ4v) is 1.55. The number of rotatable bonds is 4. The minimum atomic E-state index is -1.18. The summed E-state index contributed by atoms with van der Waals surface area (Å²) in [6, 6.07) is 3.80. The smallest absolute Gasteiger partial charge is 0.408 e. The van der Waals surface area contributed by atoms with Crippen LogP contribution >= 0.6 is 0 Å². The van der Waals surface area contributed by atoms with Crippen LogP contribution in [0.3, 0.4) is 0 Å². The van der Waals surface area contributed by atoms with Gasteiger partial charge in [-0.3, -0.25) is 0 Å². The maximum Gasteiger partial charge on any atom is 0.408 e. The Balaban J connectivity index is 2.77. The minimum Gasteiger partial charge on any atom is -0.480 e. The van der Waals surface area contributed by atoms with Crippen LogP contribution in [-0.2, 0) is 16.0 Å². The molecule has 0 unspecified atom stereocenters. The van der Waals surface area contributed by atoms with E-state index in [2.05, 4.69) is 10.3 Å². The van der Waals surface area contributed by atoms with Crippen molar-refractivity contribution in [3.63, 3.8) is 0 Å². The number of hydrogen-bond donors (Lipinski definition) is 2. The van der Waals surface area contributed by atoms with Crippen molar-refractivity contribution in [1.82, 2.24) is 10.3 Å². The molecule has 0 aliphatic carbocycles. The number of aliphatic carboxylic acids is 1. The monoisotopic (exact) mass is 291 g/mol. The Kier molecular flexibility index (Phi) is 5.24. The number of carboxylic acids is 1. The summed E-state index contributed by atoms with van der Waals surface area (Å²) in [5.74, 6) is -1.18. The van der Waals surface area contributed by atoms with Crippen LogP contribution < -0.4 is 5.32 Å². The Labute approximate surface area is 122 Å². The van der Waals surface area contributed by atoms with Gasteiger partial charge in [-0.25, -0.2) is 14.6 Å². The first-order valence-corrected chi connectivity index (χ1v) is 6.28. The predicted octanol–water partition coefficient (Wildman–Crippen LogP) is 1.47. The van der Waals surface area contributed by atoms with Crippen molar-refractivity contribution in [2.45, 2.75) is 38.8 Å². The van der Waals surface area contributed by atoms with Gasteiger partial charge in [0.15, 0.2) is 0 Å². The van der Waals surface area contributed by atoms with Crippen LogP contribution in [0.25, 0.3) is 0 Å². The molecule has 1 atom stereocenters. The number of amides is 1. The number of nitrogens with one attached hydrogen (secondary N) is 1. The highest BCUT2D eigenvalue weighted by Gasteiger charge is 2.24. The summed E-state index contributed by atoms with van der Waals surface area (Å²) in [7, 11) is 0. The molecular weight excluding hydrogens is 274 g/mol. The van der Waals surface area contributed by atoms with Gasteiger partial charge >= 0.3 is 12.1 Å². The molecule has 0 aliphatic rings. The Morgan fingerprint density at radius 1 is 1.52 bits per heavy atom. The van der Waals surface area contributed by atoms with Gasteiger partial charge in [-0.15, -0.1) is 0 Å². The molecule has 0 saturated heterocycles. The lowest BCUT2D eigenvalue weighted by Crippen LogP contribution is -2.44. The number of ether oxygens (including phenoxy) is 1. The number of pyridine rings is 1. The van der Waals surface area contributed by atoms with E-state index in [1.54, 1.807) is 26.8 Å². The number of carboxylic acid groups (broad SMARTS) is 1. The van der Waals surface area contributed by atoms with E-state index in [4.69, 9.17) is 15.1 Å². The first kappa shape index (κ1) is 16.4. The fourth-order valence-electron chi connectivity index (χ4n) is 1.55. The van der Waals surface area contributed by atoms with Gasteiger partial charge in [-0.2, -0.15) is 5.26 Å². The number of hydrogen-bond acceptors (Lipinski definition) is 5. The first-order valence-electron chi connectivity index (χ1n) is 6.28. The second-order valence-electron chi connectivity index (χ2n) is 5.40. The number of aromatic nitrogens is 1. The van der Waals surface area contributed by atoms with Crippen LogP contribution in [0.1, 0.15) is 32.0 Å². The summed E-state index contributed by atoms with van der Waals surface area (Å²) in [4.78, 5) is 26.6. The fraction of sp³-hybridized carbons (Fsp3) is 0.429. The van der Waals surface area contributed by atoms with Crippen LogP contribution in [0, 0.1) is 11.3 Å². The van der Waals surface area contributed by atoms with Crippen LogP contribution in [0.15, 0.2) is 18.3 Å². The predicted molar refractivity (Wildman–Crippen MR) is 73.4 cm³/mol. The highest BCUT2D eigenvalue weighted by molar-refractivity contribution is 5.80. The maximum absolute atomic E-state index is 11.6. The lowest BCUT2D eigenvalue weighted by Gasteiger charge is -2.22. The van der Waals surface area contributed by atoms with Crippen molar-refractivity contribution >= 4 is 12.1 Å². The molecule has 21 heavy (non-hydrogen) atoms. The van der Waals surface area contributed by atoms with Crippen molar-refractivity contribution in [2.24, 2.45) is 0 Å². The average molecular weight is 291 g/mol. The zero-order valence-corrected chi connectivity index (χ0v) is 12.1. The molecule has 1 aromatic heterocycles. The highest BCUT2D eigenvalue weighted by Crippen LogP contribution is 2.09. The quantitative estimate of drug-likeness (QED) is 0.868. The van der Waals surface area contributed by atoms with Gasteiger partial charge in [0, 0.05) is 12.6 Å². The topological polar surface area (TPSA) is 112 Å². The molecule has 1 amide bonds. The van der Waals surface area contributed by atoms with Crippen molar-refractivity contribution in [3.8, 4) is 6.07 Å². The number of nitriles is 1. The number of nitrogens with zero attached hydrogens (tertiary/aromatic N) is 2. The Morgan fingerprint density at radius 3 is 2.71 bits per heavy atom. The van der Waals surface area contributed by atoms with E-state index in [1.807, 2.05) is 6.07 Å². The van der Waals surface area contributed by atoms with Crippen LogP contribution in [0.5, 0.6) is 0 Å². The molecule has 112 valence electrons. The number of carbonyl (C=O) groups is 2. The number of carbonyl (C=O) groups excluding carboxylic acids is 1. The van der Waals surface area contributed by atoms with E-state index in [0.717, 1.165) is 0 Å². The summed E-state index contributed by atoms with van der Waals surface area (Å²) in [6.45, 7) is 5.05. The Bertz CT molecular complexity index is 572. The van der Waals surface area contributed by atoms with E-state index < -0.39 is 23.7 Å². The van der Waals surface area contributed by atoms with E-state index in [1.165, 1.54) is 12.3 Å². The molecule has 0 radical (unpaired) electrons. The van der Waals surface area contributed by atoms with Crippen molar-refractivity contribution in [2.75, 3.05) is 0 Å². The van der Waals surface area contributed by atoms with Gasteiger partial charge in [0.05, 0.1) is 0 Å². The number of alkyl carbamates (subject to hydrolysis) is 1. The SMILES string of the molecule is CC(C)(C)OC(=O)N[C@@H](Cc1ccnc(C#N)c1)C(=O)O. The van der Waals surface area contributed by atoms with Crippen LogP contribution in [-0.4, -0.2) is 33.8 Å². The largest absolute Gasteiger partial charge is 0.480 e. The molecule has 0 aliphatic heterocycles. The van der Waals surface area contributed by atoms with Gasteiger partial charge in [-0.1, -0.05) is 0 Å². The zero-order chi connectivity index (χ0) is 16.0. The van der Waals surface area contributed by atoms with Crippen molar-refractivity contribution < 1.29 is 19.4 Å². The van der Waals surface area contributed by atoms with Gasteiger partial charge in [0.1, 0.15) is 23.4 Å². The normalized spacial score (nSPS) is 12.1. The third kappa shape index (κ3) is 5.91. The summed E-state index contributed by atoms with van der Waals surface area (Å²) >= 11 is 0. The zero-order valence-electron chi connectivity index (χ0n) is 12.1. The summed E-state index contributed by atoms with van der Waals surface area (Å²) in [5.41, 5.74) is 0.0662. The van der Waals surface area contributed by atoms with Crippen molar-refractivity contribution in [1.29, 1.82) is 5.26 Å². The molecule has 0 aromatic carbocycles. The molecule has 7 heteroatoms. The summed E-state index contributed by atoms with van der Waals surface area (Å²) < 4.78 is 5.02. The Hall–Kier alpha value is -2.62. The van der Waals surface area contributed by atoms with Gasteiger partial charge in [0.2, 0.25) is 0 Å². The van der Waals surface area contributed by atoms with Gasteiger partial charge < -0.3 is 15.2 Å². The van der Waals surface area contributed by atoms with Crippen LogP contribution in [0.4, 0.5) is 4.79 Å². The summed E-state index contributed by atoms with van der Waals surface area (Å²) in [5, 5.41) is 20.2. The summed E-state index contributed by atoms with van der Waals surface area (Å²) in [6.07, 6.45) is 0.649. The highest BCUT2D eigenvalue weighted by atomic mass is 16.6. The standard InChI is InChI=1S/C14H17N3O4/c1-14(2,3)21-13(20)17-11(12(18)19)7-9-4-5-16-10(6-9)8-15/h4-6,11H,7H2,1-3H3,(H,17,20)(H,18,19)/t11-/m0/s1. The average Bonchev–Trinajstić information content (AvgIpc) is 2.36. The molecule has 0 fully saturated rings. The second kappa shape index (κ2) is 6.70. The Morgan fingerprint density at radius 2 is 2.19 bits per heavy atom. The lowest BCUT2D eigenvalue weighted by molar-refractivity contribution is -0.139. The van der Waals surface area contributed by atoms with Crippen molar-refractivity contribution in [3.05, 3.63) is 29.6 Å². The van der Waals surface area contributed by atoms with E-state index >= 15 is 0 Å². The van der Waals surface area contributed by atoms with Crippen LogP contribution in [0.2, 0.25) is 0 Å². The van der Waals surface area contributed by atoms with E-state index in [9.17, 15) is 9.59 Å². The third-order valence-electron chi connectivity index (χ3n) is 2.37. The van der Waals surface area contributed by atoms with Gasteiger partial charge in [0.25, 0.3) is 0 Å². The molecule has 7 nitrogen and oxygen atoms in total. The minimum absolute atomic E-state index is 0.0335. The van der Waals surface area contributed by atoms with E-state index in [0.29, 0.717) is 5.56 Å². The molecule has 0 saturated carbocycles. The third-order valence-corrected chi connectivity index (χ3v) is 2.37. The molecule has 0 spiro atoms. The van der Waals surface area contributed by atoms with Gasteiger partial charge in [-0.05, 0) is 38.5 Å². The molecule has 2 N–H and O–H groups in total. The molecule has 1 rings (SSSR count). The second-order valence-corrected chi connectivity index (χ2v) is 5.40. The molecule has 0 bridgehead atoms. The first-order chi connectivity index (χ1) is 9.71. The molecule has 1 heterocycles. The molecular formula is C14H17N3O4. The molecule has 1 aromatic rings.